The van der Waals surface area contributed by atoms with E-state index in [1.54, 1.807) is 21.0 Å². The lowest BCUT2D eigenvalue weighted by atomic mass is 10.0. The Hall–Kier alpha value is -2.83. The van der Waals surface area contributed by atoms with E-state index >= 15 is 0 Å². The van der Waals surface area contributed by atoms with Crippen molar-refractivity contribution in [3.05, 3.63) is 52.1 Å². The van der Waals surface area contributed by atoms with Crippen molar-refractivity contribution in [1.29, 1.82) is 0 Å². The highest BCUT2D eigenvalue weighted by Gasteiger charge is 2.24. The molecule has 2 aromatic carbocycles. The van der Waals surface area contributed by atoms with Gasteiger partial charge < -0.3 is 14.3 Å². The van der Waals surface area contributed by atoms with Crippen molar-refractivity contribution < 1.29 is 24.2 Å². The van der Waals surface area contributed by atoms with Crippen LogP contribution in [0, 0.1) is 10.1 Å². The normalized spacial score (nSPS) is 11.1. The van der Waals surface area contributed by atoms with Crippen molar-refractivity contribution in [1.82, 2.24) is 0 Å². The minimum Gasteiger partial charge on any atom is -0.497 e. The summed E-state index contributed by atoms with van der Waals surface area (Å²) < 4.78 is 10.4. The quantitative estimate of drug-likeness (QED) is 0.440. The van der Waals surface area contributed by atoms with Crippen molar-refractivity contribution in [2.24, 2.45) is 0 Å². The number of hydrogen-bond acceptors (Lipinski definition) is 6. The number of carbonyl (C=O) groups excluding carboxylic acids is 1. The Balaban J connectivity index is 2.03. The Morgan fingerprint density at radius 2 is 1.83 bits per heavy atom. The van der Waals surface area contributed by atoms with Gasteiger partial charge in [0.15, 0.2) is 0 Å². The minimum atomic E-state index is -1.08. The molecule has 0 aromatic heterocycles. The fourth-order valence-corrected chi connectivity index (χ4v) is 2.26. The van der Waals surface area contributed by atoms with Gasteiger partial charge in [-0.1, -0.05) is 24.3 Å². The topological polar surface area (TPSA) is 87.9 Å². The van der Waals surface area contributed by atoms with Crippen LogP contribution in [0.1, 0.15) is 19.4 Å². The first-order valence-electron chi connectivity index (χ1n) is 7.35. The van der Waals surface area contributed by atoms with Crippen LogP contribution in [0.15, 0.2) is 36.4 Å². The molecule has 0 radical (unpaired) electrons. The zero-order valence-electron chi connectivity index (χ0n) is 13.8. The molecule has 7 nitrogen and oxygen atoms in total. The van der Waals surface area contributed by atoms with E-state index in [0.29, 0.717) is 0 Å². The van der Waals surface area contributed by atoms with Crippen molar-refractivity contribution in [3.63, 3.8) is 0 Å². The second kappa shape index (κ2) is 7.16. The van der Waals surface area contributed by atoms with E-state index in [-0.39, 0.29) is 13.0 Å². The number of benzene rings is 2. The van der Waals surface area contributed by atoms with E-state index in [0.717, 1.165) is 22.1 Å². The first kappa shape index (κ1) is 17.5. The molecule has 2 aromatic rings. The van der Waals surface area contributed by atoms with Gasteiger partial charge in [-0.3, -0.25) is 4.79 Å². The molecule has 0 fully saturated rings. The summed E-state index contributed by atoms with van der Waals surface area (Å²) in [6.45, 7) is 2.80. The molecule has 0 bridgehead atoms. The van der Waals surface area contributed by atoms with Gasteiger partial charge in [-0.15, -0.1) is 10.1 Å². The molecule has 2 rings (SSSR count). The van der Waals surface area contributed by atoms with Crippen LogP contribution in [0.5, 0.6) is 5.75 Å². The number of esters is 1. The zero-order valence-corrected chi connectivity index (χ0v) is 13.8. The van der Waals surface area contributed by atoms with Gasteiger partial charge in [0, 0.05) is 0 Å². The monoisotopic (exact) mass is 333 g/mol. The molecule has 0 spiro atoms. The number of methoxy groups -OCH3 is 1. The van der Waals surface area contributed by atoms with Crippen molar-refractivity contribution in [2.45, 2.75) is 25.9 Å². The average Bonchev–Trinajstić information content (AvgIpc) is 2.52. The first-order valence-corrected chi connectivity index (χ1v) is 7.35. The molecule has 0 N–H and O–H groups in total. The molecular formula is C17H19NO6. The van der Waals surface area contributed by atoms with Gasteiger partial charge in [0.05, 0.1) is 13.5 Å². The summed E-state index contributed by atoms with van der Waals surface area (Å²) in [4.78, 5) is 26.5. The number of carbonyl (C=O) groups is 1. The molecule has 0 heterocycles. The molecule has 0 aliphatic carbocycles. The second-order valence-electron chi connectivity index (χ2n) is 5.96. The summed E-state index contributed by atoms with van der Waals surface area (Å²) in [6.07, 6.45) is 0.0733. The van der Waals surface area contributed by atoms with Crippen LogP contribution >= 0.6 is 0 Å². The molecular weight excluding hydrogens is 314 g/mol. The summed E-state index contributed by atoms with van der Waals surface area (Å²) >= 11 is 0. The number of fused-ring (bicyclic) bond motifs is 1. The highest BCUT2D eigenvalue weighted by Crippen LogP contribution is 2.22. The molecule has 7 heteroatoms. The van der Waals surface area contributed by atoms with E-state index in [9.17, 15) is 14.9 Å². The fraction of sp³-hybridized carbons (Fsp3) is 0.353. The van der Waals surface area contributed by atoms with Gasteiger partial charge in [-0.2, -0.15) is 0 Å². The predicted molar refractivity (Wildman–Crippen MR) is 87.3 cm³/mol. The molecule has 0 unspecified atom stereocenters. The Morgan fingerprint density at radius 3 is 2.50 bits per heavy atom. The highest BCUT2D eigenvalue weighted by molar-refractivity contribution is 5.85. The molecule has 0 saturated carbocycles. The van der Waals surface area contributed by atoms with Crippen LogP contribution in [-0.4, -0.2) is 30.4 Å². The Bertz CT molecular complexity index is 756. The highest BCUT2D eigenvalue weighted by atomic mass is 17.0. The number of hydrogen-bond donors (Lipinski definition) is 0. The third-order valence-corrected chi connectivity index (χ3v) is 3.37. The first-order chi connectivity index (χ1) is 11.3. The number of rotatable bonds is 7. The van der Waals surface area contributed by atoms with Crippen LogP contribution in [-0.2, 0) is 20.8 Å². The molecule has 0 aliphatic rings. The summed E-state index contributed by atoms with van der Waals surface area (Å²) in [5, 5.41) is 11.3. The smallest absolute Gasteiger partial charge is 0.310 e. The van der Waals surface area contributed by atoms with Crippen LogP contribution in [0.3, 0.4) is 0 Å². The van der Waals surface area contributed by atoms with Crippen molar-refractivity contribution in [3.8, 4) is 5.75 Å². The van der Waals surface area contributed by atoms with E-state index in [1.807, 2.05) is 36.4 Å². The maximum absolute atomic E-state index is 12.0. The van der Waals surface area contributed by atoms with Crippen LogP contribution in [0.4, 0.5) is 0 Å². The van der Waals surface area contributed by atoms with E-state index in [2.05, 4.69) is 4.84 Å². The number of ether oxygens (including phenoxy) is 2. The third-order valence-electron chi connectivity index (χ3n) is 3.37. The maximum atomic E-state index is 12.0. The SMILES string of the molecule is COc1ccc2cc(CC(=O)OC(C)(C)CO[N+](=O)[O-])ccc2c1. The third kappa shape index (κ3) is 4.84. The lowest BCUT2D eigenvalue weighted by Crippen LogP contribution is -2.34. The van der Waals surface area contributed by atoms with Gasteiger partial charge in [-0.05, 0) is 42.3 Å². The van der Waals surface area contributed by atoms with Crippen LogP contribution in [0.2, 0.25) is 0 Å². The van der Waals surface area contributed by atoms with Gasteiger partial charge in [-0.25, -0.2) is 0 Å². The molecule has 0 amide bonds. The lowest BCUT2D eigenvalue weighted by molar-refractivity contribution is -0.760. The Kier molecular flexibility index (Phi) is 5.23. The molecule has 128 valence electrons. The summed E-state index contributed by atoms with van der Waals surface area (Å²) in [5.41, 5.74) is -0.280. The summed E-state index contributed by atoms with van der Waals surface area (Å²) in [6, 6.07) is 11.3. The van der Waals surface area contributed by atoms with Crippen LogP contribution in [0.25, 0.3) is 10.8 Å². The molecule has 24 heavy (non-hydrogen) atoms. The zero-order chi connectivity index (χ0) is 17.7. The number of nitrogens with zero attached hydrogens (tertiary/aromatic N) is 1. The predicted octanol–water partition coefficient (Wildman–Crippen LogP) is 2.92. The van der Waals surface area contributed by atoms with Crippen molar-refractivity contribution >= 4 is 16.7 Å². The summed E-state index contributed by atoms with van der Waals surface area (Å²) in [7, 11) is 1.61. The lowest BCUT2D eigenvalue weighted by Gasteiger charge is -2.23. The minimum absolute atomic E-state index is 0.0733. The fourth-order valence-electron chi connectivity index (χ4n) is 2.26. The van der Waals surface area contributed by atoms with E-state index in [4.69, 9.17) is 9.47 Å². The average molecular weight is 333 g/mol. The van der Waals surface area contributed by atoms with Crippen molar-refractivity contribution in [2.75, 3.05) is 13.7 Å². The van der Waals surface area contributed by atoms with Gasteiger partial charge in [0.1, 0.15) is 18.0 Å². The molecule has 0 saturated heterocycles. The van der Waals surface area contributed by atoms with Gasteiger partial charge >= 0.3 is 5.97 Å². The molecule has 0 aliphatic heterocycles. The van der Waals surface area contributed by atoms with Crippen LogP contribution < -0.4 is 4.74 Å². The summed E-state index contributed by atoms with van der Waals surface area (Å²) in [5.74, 6) is 0.294. The maximum Gasteiger partial charge on any atom is 0.310 e. The Morgan fingerprint density at radius 1 is 1.17 bits per heavy atom. The van der Waals surface area contributed by atoms with E-state index < -0.39 is 16.7 Å². The largest absolute Gasteiger partial charge is 0.497 e. The molecule has 0 atom stereocenters. The Labute approximate surface area is 139 Å². The van der Waals surface area contributed by atoms with Gasteiger partial charge in [0.2, 0.25) is 0 Å². The van der Waals surface area contributed by atoms with E-state index in [1.165, 1.54) is 0 Å². The standard InChI is InChI=1S/C17H19NO6/c1-17(2,11-23-18(20)21)24-16(19)9-12-4-5-14-10-15(22-3)7-6-13(14)8-12/h4-8,10H,9,11H2,1-3H3. The second-order valence-corrected chi connectivity index (χ2v) is 5.96. The van der Waals surface area contributed by atoms with Gasteiger partial charge in [0.25, 0.3) is 5.09 Å².